The molecule has 0 spiro atoms. The third kappa shape index (κ3) is 8.39. The number of benzene rings is 1. The zero-order chi connectivity index (χ0) is 22.9. The van der Waals surface area contributed by atoms with Crippen molar-refractivity contribution in [3.8, 4) is 5.75 Å². The lowest BCUT2D eigenvalue weighted by Gasteiger charge is -2.20. The minimum absolute atomic E-state index is 0.00766. The lowest BCUT2D eigenvalue weighted by molar-refractivity contribution is -0.385. The molecular weight excluding hydrogens is 396 g/mol. The molecule has 164 valence electrons. The molecule has 1 atom stereocenters. The molecule has 1 aromatic carbocycles. The highest BCUT2D eigenvalue weighted by atomic mass is 16.6. The number of hydrogen-bond acceptors (Lipinski definition) is 9. The van der Waals surface area contributed by atoms with Gasteiger partial charge in [-0.2, -0.15) is 0 Å². The van der Waals surface area contributed by atoms with E-state index < -0.39 is 34.3 Å². The largest absolute Gasteiger partial charge is 0.493 e. The van der Waals surface area contributed by atoms with Crippen LogP contribution in [-0.2, 0) is 19.1 Å². The van der Waals surface area contributed by atoms with Crippen LogP contribution >= 0.6 is 0 Å². The van der Waals surface area contributed by atoms with Crippen LogP contribution in [0.2, 0.25) is 0 Å². The van der Waals surface area contributed by atoms with Crippen molar-refractivity contribution < 1.29 is 33.5 Å². The highest BCUT2D eigenvalue weighted by Gasteiger charge is 2.23. The second-order valence-corrected chi connectivity index (χ2v) is 7.27. The molecule has 0 amide bonds. The fourth-order valence-corrected chi connectivity index (χ4v) is 2.25. The van der Waals surface area contributed by atoms with Crippen LogP contribution in [0.4, 0.5) is 5.69 Å². The van der Waals surface area contributed by atoms with Gasteiger partial charge in [0.1, 0.15) is 23.0 Å². The van der Waals surface area contributed by atoms with E-state index in [1.807, 2.05) is 0 Å². The molecule has 30 heavy (non-hydrogen) atoms. The van der Waals surface area contributed by atoms with Gasteiger partial charge < -0.3 is 19.9 Å². The Bertz CT molecular complexity index is 814. The third-order valence-corrected chi connectivity index (χ3v) is 3.53. The lowest BCUT2D eigenvalue weighted by atomic mass is 10.1. The lowest BCUT2D eigenvalue weighted by Crippen LogP contribution is -2.37. The monoisotopic (exact) mass is 422 g/mol. The van der Waals surface area contributed by atoms with Crippen LogP contribution in [0.5, 0.6) is 5.75 Å². The van der Waals surface area contributed by atoms with Crippen LogP contribution in [0.3, 0.4) is 0 Å². The van der Waals surface area contributed by atoms with Crippen molar-refractivity contribution in [1.29, 1.82) is 0 Å². The number of nitrogens with two attached hydrogens (primary N) is 1. The minimum atomic E-state index is -1.14. The average Bonchev–Trinajstić information content (AvgIpc) is 2.64. The molecule has 0 radical (unpaired) electrons. The van der Waals surface area contributed by atoms with Crippen LogP contribution in [0.1, 0.15) is 44.0 Å². The van der Waals surface area contributed by atoms with Gasteiger partial charge in [-0.05, 0) is 39.0 Å². The number of nitro groups is 1. The fraction of sp³-hybridized carbons (Fsp3) is 0.450. The zero-order valence-corrected chi connectivity index (χ0v) is 17.2. The predicted octanol–water partition coefficient (Wildman–Crippen LogP) is 2.33. The van der Waals surface area contributed by atoms with E-state index in [0.717, 1.165) is 6.08 Å². The molecule has 1 aromatic rings. The number of esters is 2. The number of nitrogens with zero attached hydrogens (tertiary/aromatic N) is 1. The Morgan fingerprint density at radius 2 is 1.93 bits per heavy atom. The Hall–Kier alpha value is -3.27. The average molecular weight is 422 g/mol. The molecule has 0 saturated carbocycles. The van der Waals surface area contributed by atoms with Gasteiger partial charge in [0, 0.05) is 12.5 Å². The third-order valence-electron chi connectivity index (χ3n) is 3.53. The first-order chi connectivity index (χ1) is 13.9. The second-order valence-electron chi connectivity index (χ2n) is 7.27. The summed E-state index contributed by atoms with van der Waals surface area (Å²) < 4.78 is 15.5. The number of ether oxygens (including phenoxy) is 3. The van der Waals surface area contributed by atoms with Crippen molar-refractivity contribution in [2.45, 2.75) is 45.3 Å². The van der Waals surface area contributed by atoms with Crippen LogP contribution < -0.4 is 10.5 Å². The van der Waals surface area contributed by atoms with E-state index in [1.165, 1.54) is 18.2 Å². The van der Waals surface area contributed by atoms with E-state index >= 15 is 0 Å². The molecule has 0 aliphatic heterocycles. The maximum atomic E-state index is 11.8. The van der Waals surface area contributed by atoms with Crippen molar-refractivity contribution in [3.05, 3.63) is 46.5 Å². The molecule has 10 heteroatoms. The fourth-order valence-electron chi connectivity index (χ4n) is 2.25. The Balaban J connectivity index is 2.46. The van der Waals surface area contributed by atoms with E-state index in [2.05, 4.69) is 6.58 Å². The van der Waals surface area contributed by atoms with E-state index in [-0.39, 0.29) is 36.6 Å². The molecule has 0 fully saturated rings. The summed E-state index contributed by atoms with van der Waals surface area (Å²) in [6, 6.07) is 2.65. The Morgan fingerprint density at radius 1 is 1.27 bits per heavy atom. The highest BCUT2D eigenvalue weighted by molar-refractivity contribution is 6.07. The molecule has 0 aliphatic carbocycles. The molecule has 0 aromatic heterocycles. The predicted molar refractivity (Wildman–Crippen MR) is 107 cm³/mol. The van der Waals surface area contributed by atoms with Gasteiger partial charge in [-0.15, -0.1) is 0 Å². The van der Waals surface area contributed by atoms with E-state index in [4.69, 9.17) is 19.9 Å². The summed E-state index contributed by atoms with van der Waals surface area (Å²) in [6.45, 7) is 8.54. The smallest absolute Gasteiger partial charge is 0.323 e. The molecule has 2 N–H and O–H groups in total. The van der Waals surface area contributed by atoms with Crippen molar-refractivity contribution in [2.24, 2.45) is 5.73 Å². The summed E-state index contributed by atoms with van der Waals surface area (Å²) in [5, 5.41) is 11.0. The van der Waals surface area contributed by atoms with Gasteiger partial charge in [-0.3, -0.25) is 24.5 Å². The number of nitro benzene ring substituents is 1. The molecule has 10 nitrogen and oxygen atoms in total. The van der Waals surface area contributed by atoms with Crippen molar-refractivity contribution in [3.63, 3.8) is 0 Å². The SMILES string of the molecule is C=CC(=O)c1cc(OCCCOC(=O)[C@@H](N)CC(=O)OC(C)(C)C)ccc1[N+](=O)[O-]. The van der Waals surface area contributed by atoms with Crippen molar-refractivity contribution in [1.82, 2.24) is 0 Å². The summed E-state index contributed by atoms with van der Waals surface area (Å²) in [5.74, 6) is -1.69. The number of allylic oxidation sites excluding steroid dienone is 1. The van der Waals surface area contributed by atoms with Gasteiger partial charge >= 0.3 is 11.9 Å². The van der Waals surface area contributed by atoms with Gasteiger partial charge in [-0.25, -0.2) is 0 Å². The summed E-state index contributed by atoms with van der Waals surface area (Å²) in [6.07, 6.45) is 0.980. The van der Waals surface area contributed by atoms with E-state index in [0.29, 0.717) is 6.42 Å². The highest BCUT2D eigenvalue weighted by Crippen LogP contribution is 2.25. The maximum Gasteiger partial charge on any atom is 0.323 e. The number of carbonyl (C=O) groups excluding carboxylic acids is 3. The Morgan fingerprint density at radius 3 is 2.50 bits per heavy atom. The van der Waals surface area contributed by atoms with Crippen LogP contribution in [-0.4, -0.2) is 47.5 Å². The molecule has 0 aliphatic rings. The summed E-state index contributed by atoms with van der Waals surface area (Å²) in [5.41, 5.74) is 4.48. The molecule has 0 heterocycles. The van der Waals surface area contributed by atoms with Gasteiger partial charge in [0.2, 0.25) is 0 Å². The first-order valence-corrected chi connectivity index (χ1v) is 9.16. The molecule has 0 bridgehead atoms. The maximum absolute atomic E-state index is 11.8. The standard InChI is InChI=1S/C20H26N2O8/c1-5-17(23)14-11-13(7-8-16(14)22(26)27)28-9-6-10-29-19(25)15(21)12-18(24)30-20(2,3)4/h5,7-8,11,15H,1,6,9-10,12,21H2,2-4H3/t15-/m0/s1. The van der Waals surface area contributed by atoms with Gasteiger partial charge in [0.25, 0.3) is 5.69 Å². The van der Waals surface area contributed by atoms with Crippen LogP contribution in [0.15, 0.2) is 30.9 Å². The number of rotatable bonds is 11. The molecule has 0 saturated heterocycles. The zero-order valence-electron chi connectivity index (χ0n) is 17.2. The molecule has 1 rings (SSSR count). The Labute approximate surface area is 174 Å². The first kappa shape index (κ1) is 24.8. The van der Waals surface area contributed by atoms with Gasteiger partial charge in [0.15, 0.2) is 5.78 Å². The van der Waals surface area contributed by atoms with Crippen LogP contribution in [0.25, 0.3) is 0 Å². The number of ketones is 1. The quantitative estimate of drug-likeness (QED) is 0.142. The van der Waals surface area contributed by atoms with Gasteiger partial charge in [0.05, 0.1) is 24.6 Å². The first-order valence-electron chi connectivity index (χ1n) is 9.16. The summed E-state index contributed by atoms with van der Waals surface area (Å²) in [4.78, 5) is 45.6. The number of carbonyl (C=O) groups is 3. The van der Waals surface area contributed by atoms with Crippen molar-refractivity contribution in [2.75, 3.05) is 13.2 Å². The van der Waals surface area contributed by atoms with E-state index in [9.17, 15) is 24.5 Å². The summed E-state index contributed by atoms with van der Waals surface area (Å²) in [7, 11) is 0. The Kier molecular flexibility index (Phi) is 9.13. The molecular formula is C20H26N2O8. The minimum Gasteiger partial charge on any atom is -0.493 e. The summed E-state index contributed by atoms with van der Waals surface area (Å²) >= 11 is 0. The van der Waals surface area contributed by atoms with Gasteiger partial charge in [-0.1, -0.05) is 6.58 Å². The topological polar surface area (TPSA) is 148 Å². The van der Waals surface area contributed by atoms with E-state index in [1.54, 1.807) is 20.8 Å². The normalized spacial score (nSPS) is 11.9. The molecule has 0 unspecified atom stereocenters. The van der Waals surface area contributed by atoms with Crippen LogP contribution in [0, 0.1) is 10.1 Å². The number of hydrogen-bond donors (Lipinski definition) is 1. The van der Waals surface area contributed by atoms with Crippen molar-refractivity contribution >= 4 is 23.4 Å². The second kappa shape index (κ2) is 11.1.